The van der Waals surface area contributed by atoms with Crippen molar-refractivity contribution < 1.29 is 4.79 Å². The van der Waals surface area contributed by atoms with Crippen LogP contribution in [-0.2, 0) is 4.79 Å². The summed E-state index contributed by atoms with van der Waals surface area (Å²) in [4.78, 5) is 14.4. The number of nitrogens with zero attached hydrogens (tertiary/aromatic N) is 1. The van der Waals surface area contributed by atoms with Crippen LogP contribution >= 0.6 is 0 Å². The van der Waals surface area contributed by atoms with Gasteiger partial charge in [-0.05, 0) is 38.6 Å². The van der Waals surface area contributed by atoms with Crippen LogP contribution < -0.4 is 5.73 Å². The molecule has 1 aliphatic heterocycles. The monoisotopic (exact) mass is 254 g/mol. The maximum absolute atomic E-state index is 12.3. The lowest BCUT2D eigenvalue weighted by atomic mass is 10.1. The van der Waals surface area contributed by atoms with Gasteiger partial charge in [0.2, 0.25) is 5.91 Å². The van der Waals surface area contributed by atoms with Crippen molar-refractivity contribution in [1.29, 1.82) is 0 Å². The Hall–Kier alpha value is -0.570. The molecule has 1 rings (SSSR count). The average Bonchev–Trinajstić information content (AvgIpc) is 2.63. The molecule has 1 heterocycles. The van der Waals surface area contributed by atoms with Gasteiger partial charge in [0.05, 0.1) is 0 Å². The Morgan fingerprint density at radius 1 is 1.17 bits per heavy atom. The van der Waals surface area contributed by atoms with E-state index in [4.69, 9.17) is 5.73 Å². The highest BCUT2D eigenvalue weighted by molar-refractivity contribution is 5.76. The fourth-order valence-electron chi connectivity index (χ4n) is 2.85. The van der Waals surface area contributed by atoms with Gasteiger partial charge in [-0.2, -0.15) is 0 Å². The Labute approximate surface area is 112 Å². The number of carbonyl (C=O) groups is 1. The number of rotatable bonds is 7. The molecule has 0 saturated carbocycles. The van der Waals surface area contributed by atoms with Crippen molar-refractivity contribution in [2.45, 2.75) is 77.2 Å². The van der Waals surface area contributed by atoms with E-state index in [2.05, 4.69) is 11.8 Å². The topological polar surface area (TPSA) is 46.3 Å². The summed E-state index contributed by atoms with van der Waals surface area (Å²) in [5, 5.41) is 0. The molecular weight excluding hydrogens is 224 g/mol. The van der Waals surface area contributed by atoms with Gasteiger partial charge in [0.25, 0.3) is 0 Å². The van der Waals surface area contributed by atoms with E-state index in [-0.39, 0.29) is 0 Å². The molecule has 1 unspecified atom stereocenters. The molecule has 1 saturated heterocycles. The molecule has 0 aromatic rings. The maximum atomic E-state index is 12.3. The average molecular weight is 254 g/mol. The van der Waals surface area contributed by atoms with Gasteiger partial charge in [0, 0.05) is 19.0 Å². The van der Waals surface area contributed by atoms with Gasteiger partial charge in [-0.15, -0.1) is 0 Å². The quantitative estimate of drug-likeness (QED) is 0.710. The fourth-order valence-corrected chi connectivity index (χ4v) is 2.85. The van der Waals surface area contributed by atoms with E-state index >= 15 is 0 Å². The molecule has 0 aromatic carbocycles. The smallest absolute Gasteiger partial charge is 0.222 e. The Bertz CT molecular complexity index is 231. The van der Waals surface area contributed by atoms with Gasteiger partial charge < -0.3 is 10.6 Å². The second-order valence-corrected chi connectivity index (χ2v) is 5.45. The third-order valence-electron chi connectivity index (χ3n) is 4.01. The van der Waals surface area contributed by atoms with Crippen molar-refractivity contribution in [2.24, 2.45) is 5.73 Å². The zero-order valence-electron chi connectivity index (χ0n) is 12.0. The summed E-state index contributed by atoms with van der Waals surface area (Å²) in [5.41, 5.74) is 5.47. The third-order valence-corrected chi connectivity index (χ3v) is 4.01. The molecule has 106 valence electrons. The molecule has 2 N–H and O–H groups in total. The van der Waals surface area contributed by atoms with Crippen LogP contribution in [0.25, 0.3) is 0 Å². The summed E-state index contributed by atoms with van der Waals surface area (Å²) >= 11 is 0. The highest BCUT2D eigenvalue weighted by Gasteiger charge is 2.23. The Kier molecular flexibility index (Phi) is 8.06. The molecule has 1 fully saturated rings. The maximum Gasteiger partial charge on any atom is 0.222 e. The standard InChI is InChI=1S/C15H30N2O/c1-2-14-10-6-5-9-13-17(14)15(18)11-7-3-4-8-12-16/h14H,2-13,16H2,1H3. The summed E-state index contributed by atoms with van der Waals surface area (Å²) in [6.45, 7) is 3.97. The van der Waals surface area contributed by atoms with Gasteiger partial charge in [-0.1, -0.05) is 32.6 Å². The predicted octanol–water partition coefficient (Wildman–Crippen LogP) is 3.08. The molecule has 1 atom stereocenters. The number of hydrogen-bond donors (Lipinski definition) is 1. The molecule has 3 heteroatoms. The van der Waals surface area contributed by atoms with Crippen molar-refractivity contribution >= 4 is 5.91 Å². The summed E-state index contributed by atoms with van der Waals surface area (Å²) in [6.07, 6.45) is 11.3. The number of hydrogen-bond acceptors (Lipinski definition) is 2. The second-order valence-electron chi connectivity index (χ2n) is 5.45. The molecule has 0 bridgehead atoms. The van der Waals surface area contributed by atoms with Crippen molar-refractivity contribution in [1.82, 2.24) is 4.90 Å². The van der Waals surface area contributed by atoms with Gasteiger partial charge >= 0.3 is 0 Å². The van der Waals surface area contributed by atoms with Crippen LogP contribution in [0.4, 0.5) is 0 Å². The molecule has 1 amide bonds. The molecule has 0 radical (unpaired) electrons. The largest absolute Gasteiger partial charge is 0.340 e. The van der Waals surface area contributed by atoms with Crippen LogP contribution in [0, 0.1) is 0 Å². The fraction of sp³-hybridized carbons (Fsp3) is 0.933. The number of amides is 1. The molecule has 3 nitrogen and oxygen atoms in total. The second kappa shape index (κ2) is 9.37. The van der Waals surface area contributed by atoms with Crippen molar-refractivity contribution in [3.63, 3.8) is 0 Å². The summed E-state index contributed by atoms with van der Waals surface area (Å²) in [5.74, 6) is 0.386. The van der Waals surface area contributed by atoms with E-state index < -0.39 is 0 Å². The molecule has 0 aliphatic carbocycles. The number of unbranched alkanes of at least 4 members (excludes halogenated alkanes) is 3. The summed E-state index contributed by atoms with van der Waals surface area (Å²) in [7, 11) is 0. The van der Waals surface area contributed by atoms with Crippen LogP contribution in [0.15, 0.2) is 0 Å². The minimum atomic E-state index is 0.386. The Balaban J connectivity index is 2.28. The minimum absolute atomic E-state index is 0.386. The zero-order valence-corrected chi connectivity index (χ0v) is 12.0. The first-order valence-corrected chi connectivity index (χ1v) is 7.79. The van der Waals surface area contributed by atoms with Gasteiger partial charge in [-0.3, -0.25) is 4.79 Å². The lowest BCUT2D eigenvalue weighted by Gasteiger charge is -2.29. The van der Waals surface area contributed by atoms with Gasteiger partial charge in [-0.25, -0.2) is 0 Å². The van der Waals surface area contributed by atoms with Crippen LogP contribution in [0.2, 0.25) is 0 Å². The predicted molar refractivity (Wildman–Crippen MR) is 76.4 cm³/mol. The van der Waals surface area contributed by atoms with Crippen LogP contribution in [0.1, 0.15) is 71.1 Å². The third kappa shape index (κ3) is 5.38. The van der Waals surface area contributed by atoms with Gasteiger partial charge in [0.15, 0.2) is 0 Å². The molecule has 18 heavy (non-hydrogen) atoms. The first-order chi connectivity index (χ1) is 8.79. The molecule has 1 aliphatic rings. The van der Waals surface area contributed by atoms with Crippen molar-refractivity contribution in [3.8, 4) is 0 Å². The number of likely N-dealkylation sites (tertiary alicyclic amines) is 1. The highest BCUT2D eigenvalue weighted by Crippen LogP contribution is 2.20. The number of carbonyl (C=O) groups excluding carboxylic acids is 1. The molecule has 0 aromatic heterocycles. The van der Waals surface area contributed by atoms with E-state index in [1.807, 2.05) is 0 Å². The van der Waals surface area contributed by atoms with E-state index in [1.54, 1.807) is 0 Å². The van der Waals surface area contributed by atoms with Crippen molar-refractivity contribution in [2.75, 3.05) is 13.1 Å². The normalized spacial score (nSPS) is 20.8. The SMILES string of the molecule is CCC1CCCCCN1C(=O)CCCCCCN. The Morgan fingerprint density at radius 3 is 2.67 bits per heavy atom. The molecular formula is C15H30N2O. The van der Waals surface area contributed by atoms with E-state index in [0.29, 0.717) is 11.9 Å². The van der Waals surface area contributed by atoms with Gasteiger partial charge in [0.1, 0.15) is 0 Å². The lowest BCUT2D eigenvalue weighted by molar-refractivity contribution is -0.133. The van der Waals surface area contributed by atoms with E-state index in [0.717, 1.165) is 45.2 Å². The summed E-state index contributed by atoms with van der Waals surface area (Å²) < 4.78 is 0. The van der Waals surface area contributed by atoms with Crippen molar-refractivity contribution in [3.05, 3.63) is 0 Å². The zero-order chi connectivity index (χ0) is 13.2. The van der Waals surface area contributed by atoms with Crippen LogP contribution in [0.3, 0.4) is 0 Å². The first kappa shape index (κ1) is 15.5. The molecule has 0 spiro atoms. The first-order valence-electron chi connectivity index (χ1n) is 7.79. The summed E-state index contributed by atoms with van der Waals surface area (Å²) in [6, 6.07) is 0.504. The highest BCUT2D eigenvalue weighted by atomic mass is 16.2. The Morgan fingerprint density at radius 2 is 1.94 bits per heavy atom. The van der Waals surface area contributed by atoms with Crippen LogP contribution in [-0.4, -0.2) is 29.9 Å². The number of nitrogens with two attached hydrogens (primary N) is 1. The van der Waals surface area contributed by atoms with E-state index in [1.165, 1.54) is 32.1 Å². The minimum Gasteiger partial charge on any atom is -0.340 e. The van der Waals surface area contributed by atoms with E-state index in [9.17, 15) is 4.79 Å². The van der Waals surface area contributed by atoms with Crippen LogP contribution in [0.5, 0.6) is 0 Å². The lowest BCUT2D eigenvalue weighted by Crippen LogP contribution is -2.39.